The highest BCUT2D eigenvalue weighted by Gasteiger charge is 2.04. The molecule has 1 heterocycles. The van der Waals surface area contributed by atoms with Gasteiger partial charge in [0.2, 0.25) is 5.88 Å². The van der Waals surface area contributed by atoms with Crippen LogP contribution >= 0.6 is 0 Å². The first-order valence-electron chi connectivity index (χ1n) is 5.16. The van der Waals surface area contributed by atoms with E-state index >= 15 is 0 Å². The average Bonchev–Trinajstić information content (AvgIpc) is 2.21. The summed E-state index contributed by atoms with van der Waals surface area (Å²) in [5.74, 6) is 1.43. The Morgan fingerprint density at radius 3 is 2.71 bits per heavy atom. The van der Waals surface area contributed by atoms with E-state index in [2.05, 4.69) is 9.97 Å². The van der Waals surface area contributed by atoms with Gasteiger partial charge in [-0.1, -0.05) is 0 Å². The molecule has 0 spiro atoms. The lowest BCUT2D eigenvalue weighted by molar-refractivity contribution is 0.455. The molecule has 1 aromatic heterocycles. The van der Waals surface area contributed by atoms with Gasteiger partial charge in [0, 0.05) is 5.69 Å². The molecular formula is C12H13N3O2. The number of aryl methyl sites for hydroxylation is 2. The van der Waals surface area contributed by atoms with E-state index in [4.69, 9.17) is 10.5 Å². The lowest BCUT2D eigenvalue weighted by Gasteiger charge is -2.08. The Labute approximate surface area is 98.3 Å². The monoisotopic (exact) mass is 231 g/mol. The molecule has 5 heteroatoms. The van der Waals surface area contributed by atoms with Gasteiger partial charge in [-0.15, -0.1) is 0 Å². The summed E-state index contributed by atoms with van der Waals surface area (Å²) < 4.78 is 5.54. The molecule has 0 amide bonds. The van der Waals surface area contributed by atoms with Crippen molar-refractivity contribution in [2.45, 2.75) is 13.8 Å². The number of rotatable bonds is 2. The van der Waals surface area contributed by atoms with Gasteiger partial charge in [-0.3, -0.25) is 4.79 Å². The third kappa shape index (κ3) is 2.63. The Bertz CT molecular complexity index is 605. The average molecular weight is 231 g/mol. The van der Waals surface area contributed by atoms with Crippen molar-refractivity contribution >= 4 is 5.69 Å². The van der Waals surface area contributed by atoms with Crippen LogP contribution in [-0.4, -0.2) is 9.97 Å². The molecule has 2 rings (SSSR count). The summed E-state index contributed by atoms with van der Waals surface area (Å²) in [5.41, 5.74) is 6.97. The second kappa shape index (κ2) is 4.29. The van der Waals surface area contributed by atoms with E-state index in [1.54, 1.807) is 25.1 Å². The normalized spacial score (nSPS) is 10.2. The number of aromatic nitrogens is 2. The zero-order valence-corrected chi connectivity index (χ0v) is 9.65. The molecule has 1 aromatic carbocycles. The van der Waals surface area contributed by atoms with E-state index in [-0.39, 0.29) is 11.4 Å². The first kappa shape index (κ1) is 11.2. The molecule has 0 aliphatic heterocycles. The molecule has 2 aromatic rings. The fraction of sp³-hybridized carbons (Fsp3) is 0.167. The maximum atomic E-state index is 11.2. The van der Waals surface area contributed by atoms with Crippen molar-refractivity contribution in [1.29, 1.82) is 0 Å². The summed E-state index contributed by atoms with van der Waals surface area (Å²) in [6, 6.07) is 6.60. The van der Waals surface area contributed by atoms with Crippen molar-refractivity contribution in [3.63, 3.8) is 0 Å². The molecule has 0 aliphatic rings. The minimum absolute atomic E-state index is 0.236. The van der Waals surface area contributed by atoms with Crippen LogP contribution in [0.25, 0.3) is 0 Å². The van der Waals surface area contributed by atoms with E-state index in [0.29, 0.717) is 17.3 Å². The number of hydrogen-bond acceptors (Lipinski definition) is 4. The Balaban J connectivity index is 2.34. The van der Waals surface area contributed by atoms with Gasteiger partial charge >= 0.3 is 0 Å². The molecule has 0 atom stereocenters. The Hall–Kier alpha value is -2.30. The first-order chi connectivity index (χ1) is 8.04. The summed E-state index contributed by atoms with van der Waals surface area (Å²) in [6.07, 6.45) is 0. The molecule has 0 unspecified atom stereocenters. The van der Waals surface area contributed by atoms with Crippen LogP contribution < -0.4 is 16.0 Å². The topological polar surface area (TPSA) is 81.0 Å². The largest absolute Gasteiger partial charge is 0.438 e. The SMILES string of the molecule is Cc1nc(Oc2ccc(N)cc2C)cc(=O)[nH]1. The highest BCUT2D eigenvalue weighted by molar-refractivity contribution is 5.48. The molecule has 0 saturated heterocycles. The number of benzene rings is 1. The van der Waals surface area contributed by atoms with Crippen molar-refractivity contribution in [3.05, 3.63) is 46.0 Å². The summed E-state index contributed by atoms with van der Waals surface area (Å²) in [4.78, 5) is 17.9. The molecule has 3 N–H and O–H groups in total. The fourth-order valence-corrected chi connectivity index (χ4v) is 1.50. The highest BCUT2D eigenvalue weighted by Crippen LogP contribution is 2.24. The number of nitrogens with one attached hydrogen (secondary N) is 1. The third-order valence-corrected chi connectivity index (χ3v) is 2.25. The van der Waals surface area contributed by atoms with Crippen LogP contribution in [-0.2, 0) is 0 Å². The first-order valence-corrected chi connectivity index (χ1v) is 5.16. The predicted molar refractivity (Wildman–Crippen MR) is 65.3 cm³/mol. The van der Waals surface area contributed by atoms with Crippen LogP contribution in [0.4, 0.5) is 5.69 Å². The van der Waals surface area contributed by atoms with Crippen LogP contribution in [0.1, 0.15) is 11.4 Å². The van der Waals surface area contributed by atoms with Crippen LogP contribution in [0.2, 0.25) is 0 Å². The Morgan fingerprint density at radius 1 is 1.29 bits per heavy atom. The second-order valence-electron chi connectivity index (χ2n) is 3.80. The molecule has 5 nitrogen and oxygen atoms in total. The van der Waals surface area contributed by atoms with Crippen molar-refractivity contribution in [1.82, 2.24) is 9.97 Å². The van der Waals surface area contributed by atoms with E-state index in [1.165, 1.54) is 6.07 Å². The second-order valence-corrected chi connectivity index (χ2v) is 3.80. The lowest BCUT2D eigenvalue weighted by Crippen LogP contribution is -2.08. The molecule has 17 heavy (non-hydrogen) atoms. The van der Waals surface area contributed by atoms with E-state index in [1.807, 2.05) is 6.92 Å². The molecule has 0 fully saturated rings. The number of H-pyrrole nitrogens is 1. The van der Waals surface area contributed by atoms with Gasteiger partial charge in [-0.2, -0.15) is 0 Å². The molecule has 0 aliphatic carbocycles. The van der Waals surface area contributed by atoms with Gasteiger partial charge in [0.15, 0.2) is 0 Å². The number of ether oxygens (including phenoxy) is 1. The molecule has 0 bridgehead atoms. The van der Waals surface area contributed by atoms with Gasteiger partial charge in [-0.25, -0.2) is 4.98 Å². The quantitative estimate of drug-likeness (QED) is 0.772. The van der Waals surface area contributed by atoms with E-state index in [0.717, 1.165) is 5.56 Å². The van der Waals surface area contributed by atoms with Crippen LogP contribution in [0.5, 0.6) is 11.6 Å². The van der Waals surface area contributed by atoms with Gasteiger partial charge in [-0.05, 0) is 37.6 Å². The van der Waals surface area contributed by atoms with Crippen molar-refractivity contribution in [3.8, 4) is 11.6 Å². The summed E-state index contributed by atoms with van der Waals surface area (Å²) >= 11 is 0. The lowest BCUT2D eigenvalue weighted by atomic mass is 10.2. The number of nitrogens with zero attached hydrogens (tertiary/aromatic N) is 1. The van der Waals surface area contributed by atoms with E-state index < -0.39 is 0 Å². The van der Waals surface area contributed by atoms with Crippen molar-refractivity contribution in [2.24, 2.45) is 0 Å². The standard InChI is InChI=1S/C12H13N3O2/c1-7-5-9(13)3-4-10(7)17-12-6-11(16)14-8(2)15-12/h3-6H,13H2,1-2H3,(H,14,15,16). The maximum Gasteiger partial charge on any atom is 0.254 e. The number of aromatic amines is 1. The maximum absolute atomic E-state index is 11.2. The third-order valence-electron chi connectivity index (χ3n) is 2.25. The van der Waals surface area contributed by atoms with Crippen LogP contribution in [0.3, 0.4) is 0 Å². The minimum atomic E-state index is -0.236. The van der Waals surface area contributed by atoms with Crippen LogP contribution in [0, 0.1) is 13.8 Å². The zero-order valence-electron chi connectivity index (χ0n) is 9.65. The van der Waals surface area contributed by atoms with Gasteiger partial charge in [0.05, 0.1) is 6.07 Å². The van der Waals surface area contributed by atoms with Crippen LogP contribution in [0.15, 0.2) is 29.1 Å². The summed E-state index contributed by atoms with van der Waals surface area (Å²) in [7, 11) is 0. The number of nitrogen functional groups attached to an aromatic ring is 1. The van der Waals surface area contributed by atoms with Gasteiger partial charge in [0.1, 0.15) is 11.6 Å². The van der Waals surface area contributed by atoms with Crippen molar-refractivity contribution in [2.75, 3.05) is 5.73 Å². The van der Waals surface area contributed by atoms with Crippen molar-refractivity contribution < 1.29 is 4.74 Å². The number of hydrogen-bond donors (Lipinski definition) is 2. The Morgan fingerprint density at radius 2 is 2.06 bits per heavy atom. The predicted octanol–water partition coefficient (Wildman–Crippen LogP) is 1.76. The summed E-state index contributed by atoms with van der Waals surface area (Å²) in [6.45, 7) is 3.58. The molecular weight excluding hydrogens is 218 g/mol. The highest BCUT2D eigenvalue weighted by atomic mass is 16.5. The Kier molecular flexibility index (Phi) is 2.82. The number of nitrogens with two attached hydrogens (primary N) is 1. The minimum Gasteiger partial charge on any atom is -0.438 e. The smallest absolute Gasteiger partial charge is 0.254 e. The van der Waals surface area contributed by atoms with Gasteiger partial charge in [0.25, 0.3) is 5.56 Å². The number of anilines is 1. The zero-order chi connectivity index (χ0) is 12.4. The molecule has 88 valence electrons. The summed E-state index contributed by atoms with van der Waals surface area (Å²) in [5, 5.41) is 0. The van der Waals surface area contributed by atoms with Gasteiger partial charge < -0.3 is 15.5 Å². The van der Waals surface area contributed by atoms with E-state index in [9.17, 15) is 4.79 Å². The fourth-order valence-electron chi connectivity index (χ4n) is 1.50. The molecule has 0 radical (unpaired) electrons. The molecule has 0 saturated carbocycles.